The number of ether oxygens (including phenoxy) is 3. The third-order valence-corrected chi connectivity index (χ3v) is 5.49. The van der Waals surface area contributed by atoms with Crippen LogP contribution in [0.4, 0.5) is 0 Å². The van der Waals surface area contributed by atoms with Crippen LogP contribution in [0, 0.1) is 11.8 Å². The lowest BCUT2D eigenvalue weighted by Crippen LogP contribution is -2.58. The van der Waals surface area contributed by atoms with Crippen LogP contribution in [-0.4, -0.2) is 43.5 Å². The molecule has 0 aliphatic carbocycles. The van der Waals surface area contributed by atoms with Gasteiger partial charge in [0, 0.05) is 20.5 Å². The SMILES string of the molecule is C=CCCCCCCCCOC1OC(COC(C)=O)C(C)C(C)C1NC(C)=O. The lowest BCUT2D eigenvalue weighted by atomic mass is 9.82. The Morgan fingerprint density at radius 3 is 2.29 bits per heavy atom. The minimum absolute atomic E-state index is 0.0980. The molecule has 1 saturated heterocycles. The molecule has 1 aliphatic heterocycles. The van der Waals surface area contributed by atoms with Crippen molar-refractivity contribution in [1.82, 2.24) is 5.32 Å². The first-order valence-electron chi connectivity index (χ1n) is 10.6. The zero-order valence-electron chi connectivity index (χ0n) is 18.1. The van der Waals surface area contributed by atoms with Crippen LogP contribution in [0.3, 0.4) is 0 Å². The molecule has 1 heterocycles. The minimum Gasteiger partial charge on any atom is -0.463 e. The lowest BCUT2D eigenvalue weighted by molar-refractivity contribution is -0.244. The van der Waals surface area contributed by atoms with Crippen molar-refractivity contribution in [1.29, 1.82) is 0 Å². The fourth-order valence-corrected chi connectivity index (χ4v) is 3.56. The van der Waals surface area contributed by atoms with Crippen LogP contribution < -0.4 is 5.32 Å². The highest BCUT2D eigenvalue weighted by atomic mass is 16.7. The summed E-state index contributed by atoms with van der Waals surface area (Å²) in [6, 6.07) is -0.208. The fourth-order valence-electron chi connectivity index (χ4n) is 3.56. The predicted octanol–water partition coefficient (Wildman–Crippen LogP) is 3.98. The molecule has 0 aromatic rings. The number of esters is 1. The van der Waals surface area contributed by atoms with Crippen molar-refractivity contribution in [3.8, 4) is 0 Å². The number of unbranched alkanes of at least 4 members (excludes halogenated alkanes) is 6. The van der Waals surface area contributed by atoms with Gasteiger partial charge in [0.05, 0.1) is 12.1 Å². The first-order valence-corrected chi connectivity index (χ1v) is 10.6. The van der Waals surface area contributed by atoms with Crippen molar-refractivity contribution >= 4 is 11.9 Å². The van der Waals surface area contributed by atoms with Crippen LogP contribution in [0.15, 0.2) is 12.7 Å². The number of amides is 1. The standard InChI is InChI=1S/C22H39NO5/c1-6-7-8-9-10-11-12-13-14-26-22-21(23-18(4)24)17(3)16(2)20(28-22)15-27-19(5)25/h6,16-17,20-22H,1,7-15H2,2-5H3,(H,23,24). The molecule has 0 aromatic heterocycles. The topological polar surface area (TPSA) is 73.9 Å². The fraction of sp³-hybridized carbons (Fsp3) is 0.818. The number of hydrogen-bond donors (Lipinski definition) is 1. The van der Waals surface area contributed by atoms with E-state index in [1.54, 1.807) is 0 Å². The molecule has 0 bridgehead atoms. The van der Waals surface area contributed by atoms with E-state index in [4.69, 9.17) is 14.2 Å². The molecule has 5 unspecified atom stereocenters. The summed E-state index contributed by atoms with van der Waals surface area (Å²) in [5.41, 5.74) is 0. The monoisotopic (exact) mass is 397 g/mol. The average molecular weight is 398 g/mol. The third-order valence-electron chi connectivity index (χ3n) is 5.49. The van der Waals surface area contributed by atoms with E-state index >= 15 is 0 Å². The molecule has 1 fully saturated rings. The second-order valence-corrected chi connectivity index (χ2v) is 7.86. The molecule has 1 aliphatic rings. The van der Waals surface area contributed by atoms with Crippen molar-refractivity contribution < 1.29 is 23.8 Å². The van der Waals surface area contributed by atoms with Crippen LogP contribution in [0.2, 0.25) is 0 Å². The van der Waals surface area contributed by atoms with Crippen molar-refractivity contribution in [3.05, 3.63) is 12.7 Å². The van der Waals surface area contributed by atoms with Crippen LogP contribution in [0.5, 0.6) is 0 Å². The van der Waals surface area contributed by atoms with Gasteiger partial charge in [-0.15, -0.1) is 6.58 Å². The molecule has 6 heteroatoms. The van der Waals surface area contributed by atoms with Gasteiger partial charge in [-0.2, -0.15) is 0 Å². The van der Waals surface area contributed by atoms with Gasteiger partial charge in [-0.05, 0) is 31.1 Å². The van der Waals surface area contributed by atoms with Gasteiger partial charge in [-0.1, -0.05) is 45.6 Å². The van der Waals surface area contributed by atoms with Crippen molar-refractivity contribution in [2.45, 2.75) is 91.1 Å². The molecule has 5 atom stereocenters. The summed E-state index contributed by atoms with van der Waals surface area (Å²) in [5, 5.41) is 2.97. The van der Waals surface area contributed by atoms with E-state index in [1.807, 2.05) is 6.08 Å². The summed E-state index contributed by atoms with van der Waals surface area (Å²) < 4.78 is 17.2. The summed E-state index contributed by atoms with van der Waals surface area (Å²) in [6.07, 6.45) is 9.29. The molecular weight excluding hydrogens is 358 g/mol. The number of hydrogen-bond acceptors (Lipinski definition) is 5. The quantitative estimate of drug-likeness (QED) is 0.289. The number of carbonyl (C=O) groups is 2. The summed E-state index contributed by atoms with van der Waals surface area (Å²) >= 11 is 0. The van der Waals surface area contributed by atoms with E-state index in [2.05, 4.69) is 25.7 Å². The maximum atomic E-state index is 11.6. The Bertz CT molecular complexity index is 480. The Morgan fingerprint density at radius 1 is 1.04 bits per heavy atom. The molecule has 0 spiro atoms. The third kappa shape index (κ3) is 9.20. The van der Waals surface area contributed by atoms with E-state index in [9.17, 15) is 9.59 Å². The van der Waals surface area contributed by atoms with Crippen molar-refractivity contribution in [2.24, 2.45) is 11.8 Å². The van der Waals surface area contributed by atoms with Gasteiger partial charge in [0.1, 0.15) is 6.61 Å². The lowest BCUT2D eigenvalue weighted by Gasteiger charge is -2.44. The molecular formula is C22H39NO5. The van der Waals surface area contributed by atoms with Gasteiger partial charge < -0.3 is 19.5 Å². The summed E-state index contributed by atoms with van der Waals surface area (Å²) in [5.74, 6) is -0.142. The highest BCUT2D eigenvalue weighted by molar-refractivity contribution is 5.73. The van der Waals surface area contributed by atoms with E-state index in [-0.39, 0.29) is 42.5 Å². The molecule has 1 N–H and O–H groups in total. The first kappa shape index (κ1) is 24.6. The second-order valence-electron chi connectivity index (χ2n) is 7.86. The summed E-state index contributed by atoms with van der Waals surface area (Å²) in [7, 11) is 0. The molecule has 162 valence electrons. The van der Waals surface area contributed by atoms with Gasteiger partial charge in [-0.3, -0.25) is 9.59 Å². The zero-order chi connectivity index (χ0) is 20.9. The van der Waals surface area contributed by atoms with Crippen molar-refractivity contribution in [2.75, 3.05) is 13.2 Å². The van der Waals surface area contributed by atoms with Gasteiger partial charge in [0.2, 0.25) is 5.91 Å². The Labute approximate surface area is 170 Å². The zero-order valence-corrected chi connectivity index (χ0v) is 18.1. The number of allylic oxidation sites excluding steroid dienone is 1. The van der Waals surface area contributed by atoms with Crippen molar-refractivity contribution in [3.63, 3.8) is 0 Å². The van der Waals surface area contributed by atoms with E-state index in [0.717, 1.165) is 19.3 Å². The molecule has 6 nitrogen and oxygen atoms in total. The molecule has 0 aromatic carbocycles. The van der Waals surface area contributed by atoms with E-state index < -0.39 is 6.29 Å². The molecule has 28 heavy (non-hydrogen) atoms. The highest BCUT2D eigenvalue weighted by Crippen LogP contribution is 2.31. The van der Waals surface area contributed by atoms with Crippen LogP contribution in [-0.2, 0) is 23.8 Å². The Kier molecular flexibility index (Phi) is 12.1. The molecule has 1 rings (SSSR count). The van der Waals surface area contributed by atoms with Gasteiger partial charge in [0.15, 0.2) is 6.29 Å². The Balaban J connectivity index is 2.46. The van der Waals surface area contributed by atoms with Crippen LogP contribution >= 0.6 is 0 Å². The van der Waals surface area contributed by atoms with Gasteiger partial charge in [0.25, 0.3) is 0 Å². The summed E-state index contributed by atoms with van der Waals surface area (Å²) in [6.45, 7) is 11.6. The van der Waals surface area contributed by atoms with Gasteiger partial charge in [-0.25, -0.2) is 0 Å². The number of carbonyl (C=O) groups excluding carboxylic acids is 2. The summed E-state index contributed by atoms with van der Waals surface area (Å²) in [4.78, 5) is 22.8. The largest absolute Gasteiger partial charge is 0.463 e. The average Bonchev–Trinajstić information content (AvgIpc) is 2.64. The molecule has 0 radical (unpaired) electrons. The maximum Gasteiger partial charge on any atom is 0.302 e. The predicted molar refractivity (Wildman–Crippen MR) is 110 cm³/mol. The first-order chi connectivity index (χ1) is 13.4. The molecule has 1 amide bonds. The smallest absolute Gasteiger partial charge is 0.302 e. The van der Waals surface area contributed by atoms with E-state index in [1.165, 1.54) is 39.5 Å². The Hall–Kier alpha value is -1.40. The molecule has 0 saturated carbocycles. The maximum absolute atomic E-state index is 11.6. The normalized spacial score (nSPS) is 27.2. The highest BCUT2D eigenvalue weighted by Gasteiger charge is 2.42. The minimum atomic E-state index is -0.525. The Morgan fingerprint density at radius 2 is 1.68 bits per heavy atom. The van der Waals surface area contributed by atoms with Gasteiger partial charge >= 0.3 is 5.97 Å². The van der Waals surface area contributed by atoms with Crippen LogP contribution in [0.25, 0.3) is 0 Å². The van der Waals surface area contributed by atoms with Crippen LogP contribution in [0.1, 0.15) is 72.6 Å². The number of rotatable bonds is 13. The second kappa shape index (κ2) is 13.7. The van der Waals surface area contributed by atoms with E-state index in [0.29, 0.717) is 6.61 Å². The number of nitrogens with one attached hydrogen (secondary N) is 1.